The van der Waals surface area contributed by atoms with Gasteiger partial charge in [0.2, 0.25) is 0 Å². The van der Waals surface area contributed by atoms with Gasteiger partial charge in [-0.2, -0.15) is 5.10 Å². The van der Waals surface area contributed by atoms with Crippen molar-refractivity contribution in [2.24, 2.45) is 0 Å². The average Bonchev–Trinajstić information content (AvgIpc) is 3.25. The molecule has 10 heteroatoms. The van der Waals surface area contributed by atoms with Crippen LogP contribution in [0.3, 0.4) is 0 Å². The third-order valence-electron chi connectivity index (χ3n) is 6.06. The van der Waals surface area contributed by atoms with E-state index in [4.69, 9.17) is 0 Å². The average molecular weight is 472 g/mol. The first-order valence-corrected chi connectivity index (χ1v) is 11.9. The van der Waals surface area contributed by atoms with Crippen LogP contribution in [0.25, 0.3) is 21.3 Å². The summed E-state index contributed by atoms with van der Waals surface area (Å²) in [4.78, 5) is 33.5. The minimum Gasteiger partial charge on any atom is -0.347 e. The van der Waals surface area contributed by atoms with Gasteiger partial charge < -0.3 is 16.0 Å². The van der Waals surface area contributed by atoms with Crippen molar-refractivity contribution < 1.29 is 9.59 Å². The van der Waals surface area contributed by atoms with Crippen LogP contribution < -0.4 is 20.9 Å². The van der Waals surface area contributed by atoms with Crippen molar-refractivity contribution in [1.29, 1.82) is 0 Å². The topological polar surface area (TPSA) is 112 Å². The molecular formula is C24H21N7O2S. The molecule has 0 spiro atoms. The zero-order valence-corrected chi connectivity index (χ0v) is 18.9. The molecule has 2 aliphatic heterocycles. The van der Waals surface area contributed by atoms with E-state index >= 15 is 0 Å². The first kappa shape index (κ1) is 20.7. The Bertz CT molecular complexity index is 1400. The molecule has 5 heterocycles. The molecule has 6 rings (SSSR count). The number of piperidine rings is 1. The number of hydrogen-bond acceptors (Lipinski definition) is 7. The van der Waals surface area contributed by atoms with Gasteiger partial charge in [-0.1, -0.05) is 30.3 Å². The summed E-state index contributed by atoms with van der Waals surface area (Å²) >= 11 is 1.28. The molecule has 170 valence electrons. The summed E-state index contributed by atoms with van der Waals surface area (Å²) in [5.74, 6) is 0.194. The highest BCUT2D eigenvalue weighted by Crippen LogP contribution is 2.45. The van der Waals surface area contributed by atoms with Crippen molar-refractivity contribution in [2.75, 3.05) is 23.3 Å². The third-order valence-corrected chi connectivity index (χ3v) is 7.16. The number of aromatic nitrogens is 3. The molecule has 34 heavy (non-hydrogen) atoms. The van der Waals surface area contributed by atoms with Gasteiger partial charge in [0, 0.05) is 24.3 Å². The first-order valence-electron chi connectivity index (χ1n) is 11.1. The summed E-state index contributed by atoms with van der Waals surface area (Å²) in [7, 11) is 0. The monoisotopic (exact) mass is 471 g/mol. The molecule has 0 aliphatic carbocycles. The number of amides is 3. The molecular weight excluding hydrogens is 450 g/mol. The highest BCUT2D eigenvalue weighted by atomic mass is 32.1. The number of hydrogen-bond donors (Lipinski definition) is 3. The van der Waals surface area contributed by atoms with E-state index in [0.29, 0.717) is 26.9 Å². The predicted molar refractivity (Wildman–Crippen MR) is 132 cm³/mol. The molecule has 3 aromatic heterocycles. The Kier molecular flexibility index (Phi) is 5.16. The maximum Gasteiger partial charge on any atom is 0.332 e. The molecule has 1 unspecified atom stereocenters. The zero-order valence-electron chi connectivity index (χ0n) is 18.1. The molecule has 2 aliphatic rings. The van der Waals surface area contributed by atoms with Crippen molar-refractivity contribution >= 4 is 50.7 Å². The minimum atomic E-state index is -0.397. The van der Waals surface area contributed by atoms with Gasteiger partial charge in [0.05, 0.1) is 23.0 Å². The van der Waals surface area contributed by atoms with Gasteiger partial charge in [-0.05, 0) is 37.1 Å². The van der Waals surface area contributed by atoms with Gasteiger partial charge in [0.1, 0.15) is 9.71 Å². The van der Waals surface area contributed by atoms with E-state index in [0.717, 1.165) is 42.4 Å². The summed E-state index contributed by atoms with van der Waals surface area (Å²) in [6, 6.07) is 13.1. The van der Waals surface area contributed by atoms with Gasteiger partial charge in [-0.25, -0.2) is 14.7 Å². The highest BCUT2D eigenvalue weighted by Gasteiger charge is 2.34. The van der Waals surface area contributed by atoms with E-state index in [1.165, 1.54) is 16.2 Å². The minimum absolute atomic E-state index is 0.0675. The number of nitrogens with zero attached hydrogens (tertiary/aromatic N) is 4. The van der Waals surface area contributed by atoms with Gasteiger partial charge in [0.15, 0.2) is 5.82 Å². The Morgan fingerprint density at radius 3 is 2.88 bits per heavy atom. The summed E-state index contributed by atoms with van der Waals surface area (Å²) in [6.07, 6.45) is 5.26. The number of thiophene rings is 1. The van der Waals surface area contributed by atoms with Crippen molar-refractivity contribution in [3.05, 3.63) is 59.7 Å². The molecule has 3 N–H and O–H groups in total. The number of carbonyl (C=O) groups excluding carboxylic acids is 2. The number of nitrogens with one attached hydrogen (secondary N) is 3. The van der Waals surface area contributed by atoms with Crippen LogP contribution in [0.1, 0.15) is 22.5 Å². The second-order valence-corrected chi connectivity index (χ2v) is 9.27. The maximum atomic E-state index is 13.3. The molecule has 0 bridgehead atoms. The fourth-order valence-electron chi connectivity index (χ4n) is 4.45. The fraction of sp³-hybridized carbons (Fsp3) is 0.208. The van der Waals surface area contributed by atoms with Gasteiger partial charge >= 0.3 is 6.03 Å². The van der Waals surface area contributed by atoms with Crippen LogP contribution in [0.5, 0.6) is 0 Å². The van der Waals surface area contributed by atoms with E-state index in [2.05, 4.69) is 31.1 Å². The van der Waals surface area contributed by atoms with Gasteiger partial charge in [-0.3, -0.25) is 4.79 Å². The molecule has 4 aromatic rings. The second-order valence-electron chi connectivity index (χ2n) is 8.27. The largest absolute Gasteiger partial charge is 0.347 e. The smallest absolute Gasteiger partial charge is 0.332 e. The van der Waals surface area contributed by atoms with E-state index < -0.39 is 6.03 Å². The highest BCUT2D eigenvalue weighted by molar-refractivity contribution is 7.21. The molecule has 1 atom stereocenters. The summed E-state index contributed by atoms with van der Waals surface area (Å²) < 4.78 is 0. The Balaban J connectivity index is 1.40. The SMILES string of the molecule is O=C(NC1CCCNC1)c1sc2nccc3c2c1NC(=O)N3c1cc(-c2ccccc2)cnn1. The van der Waals surface area contributed by atoms with Gasteiger partial charge in [0.25, 0.3) is 5.91 Å². The van der Waals surface area contributed by atoms with Crippen LogP contribution >= 0.6 is 11.3 Å². The van der Waals surface area contributed by atoms with Crippen molar-refractivity contribution in [3.63, 3.8) is 0 Å². The lowest BCUT2D eigenvalue weighted by Crippen LogP contribution is -2.45. The standard InChI is InChI=1S/C24H21N7O2S/c32-22(28-16-7-4-9-25-13-16)21-20-19-17(8-10-26-23(19)34-21)31(24(33)29-20)18-11-15(12-27-30-18)14-5-2-1-3-6-14/h1-3,5-6,8,10-12,16,25H,4,7,9,13H2,(H,28,32)(H,29,33). The summed E-state index contributed by atoms with van der Waals surface area (Å²) in [5.41, 5.74) is 2.94. The lowest BCUT2D eigenvalue weighted by Gasteiger charge is -2.27. The van der Waals surface area contributed by atoms with E-state index in [-0.39, 0.29) is 11.9 Å². The normalized spacial score (nSPS) is 17.5. The van der Waals surface area contributed by atoms with E-state index in [1.54, 1.807) is 18.5 Å². The number of benzene rings is 1. The van der Waals surface area contributed by atoms with E-state index in [1.807, 2.05) is 36.4 Å². The molecule has 1 fully saturated rings. The van der Waals surface area contributed by atoms with Gasteiger partial charge in [-0.15, -0.1) is 16.4 Å². The Morgan fingerprint density at radius 2 is 2.06 bits per heavy atom. The van der Waals surface area contributed by atoms with Crippen LogP contribution in [-0.4, -0.2) is 46.3 Å². The maximum absolute atomic E-state index is 13.3. The zero-order chi connectivity index (χ0) is 23.1. The van der Waals surface area contributed by atoms with Crippen LogP contribution in [0.4, 0.5) is 22.0 Å². The summed E-state index contributed by atoms with van der Waals surface area (Å²) in [6.45, 7) is 1.71. The molecule has 0 radical (unpaired) electrons. The molecule has 1 aromatic carbocycles. The third kappa shape index (κ3) is 3.57. The number of rotatable bonds is 4. The Hall–Kier alpha value is -3.89. The lowest BCUT2D eigenvalue weighted by molar-refractivity contribution is 0.0935. The number of pyridine rings is 1. The second kappa shape index (κ2) is 8.47. The van der Waals surface area contributed by atoms with E-state index in [9.17, 15) is 9.59 Å². The van der Waals surface area contributed by atoms with Crippen LogP contribution in [0.2, 0.25) is 0 Å². The van der Waals surface area contributed by atoms with Crippen molar-refractivity contribution in [3.8, 4) is 11.1 Å². The predicted octanol–water partition coefficient (Wildman–Crippen LogP) is 3.92. The summed E-state index contributed by atoms with van der Waals surface area (Å²) in [5, 5.41) is 18.4. The first-order chi connectivity index (χ1) is 16.7. The fourth-order valence-corrected chi connectivity index (χ4v) is 5.47. The van der Waals surface area contributed by atoms with Crippen LogP contribution in [0.15, 0.2) is 54.9 Å². The Morgan fingerprint density at radius 1 is 1.18 bits per heavy atom. The number of carbonyl (C=O) groups is 2. The molecule has 3 amide bonds. The lowest BCUT2D eigenvalue weighted by atomic mass is 10.1. The molecule has 1 saturated heterocycles. The van der Waals surface area contributed by atoms with Crippen molar-refractivity contribution in [2.45, 2.75) is 18.9 Å². The Labute approximate surface area is 199 Å². The molecule has 9 nitrogen and oxygen atoms in total. The van der Waals surface area contributed by atoms with Crippen LogP contribution in [-0.2, 0) is 0 Å². The molecule has 0 saturated carbocycles. The number of anilines is 3. The van der Waals surface area contributed by atoms with Crippen molar-refractivity contribution in [1.82, 2.24) is 25.8 Å². The van der Waals surface area contributed by atoms with Crippen LogP contribution in [0, 0.1) is 0 Å². The number of urea groups is 1. The quantitative estimate of drug-likeness (QED) is 0.416.